The van der Waals surface area contributed by atoms with Gasteiger partial charge in [-0.2, -0.15) is 0 Å². The third-order valence-electron chi connectivity index (χ3n) is 2.95. The summed E-state index contributed by atoms with van der Waals surface area (Å²) in [5.41, 5.74) is 7.72. The van der Waals surface area contributed by atoms with Crippen molar-refractivity contribution in [3.63, 3.8) is 0 Å². The summed E-state index contributed by atoms with van der Waals surface area (Å²) in [5.74, 6) is 0. The van der Waals surface area contributed by atoms with E-state index in [-0.39, 0.29) is 0 Å². The second-order valence-electron chi connectivity index (χ2n) is 4.55. The van der Waals surface area contributed by atoms with E-state index in [0.29, 0.717) is 0 Å². The zero-order valence-electron chi connectivity index (χ0n) is 10.4. The van der Waals surface area contributed by atoms with Gasteiger partial charge in [0.15, 0.2) is 0 Å². The molecule has 16 heavy (non-hydrogen) atoms. The van der Waals surface area contributed by atoms with Crippen molar-refractivity contribution in [1.29, 1.82) is 0 Å². The van der Waals surface area contributed by atoms with Crippen molar-refractivity contribution in [2.24, 2.45) is 0 Å². The first-order valence-corrected chi connectivity index (χ1v) is 5.64. The van der Waals surface area contributed by atoms with Crippen LogP contribution in [0.15, 0.2) is 30.3 Å². The first-order chi connectivity index (χ1) is 7.58. The van der Waals surface area contributed by atoms with Gasteiger partial charge in [-0.05, 0) is 56.0 Å². The van der Waals surface area contributed by atoms with Crippen molar-refractivity contribution in [2.75, 3.05) is 0 Å². The van der Waals surface area contributed by atoms with Crippen LogP contribution in [0.3, 0.4) is 0 Å². The molecule has 0 saturated carbocycles. The van der Waals surface area contributed by atoms with Gasteiger partial charge >= 0.3 is 0 Å². The summed E-state index contributed by atoms with van der Waals surface area (Å²) in [6, 6.07) is 14.2. The van der Waals surface area contributed by atoms with Gasteiger partial charge in [0, 0.05) is 0 Å². The van der Waals surface area contributed by atoms with Crippen LogP contribution in [0.5, 0.6) is 0 Å². The lowest BCUT2D eigenvalue weighted by molar-refractivity contribution is 1.34. The molecular weight excluding hydrogens is 192 g/mol. The zero-order chi connectivity index (χ0) is 11.7. The molecule has 0 aliphatic heterocycles. The molecule has 0 spiro atoms. The van der Waals surface area contributed by atoms with Crippen molar-refractivity contribution in [2.45, 2.75) is 27.7 Å². The molecule has 0 bridgehead atoms. The standard InChI is InChI=1S/C16H17/c1-11-6-8-15(14(4)9-11)16-10-12(2)5-7-13(16)3/h5-7,9-10H,1-4H3. The van der Waals surface area contributed by atoms with Crippen LogP contribution < -0.4 is 0 Å². The van der Waals surface area contributed by atoms with Gasteiger partial charge in [0.05, 0.1) is 0 Å². The highest BCUT2D eigenvalue weighted by Crippen LogP contribution is 2.27. The first-order valence-electron chi connectivity index (χ1n) is 5.64. The molecule has 0 saturated heterocycles. The molecule has 0 fully saturated rings. The van der Waals surface area contributed by atoms with Crippen LogP contribution in [0.4, 0.5) is 0 Å². The summed E-state index contributed by atoms with van der Waals surface area (Å²) < 4.78 is 0. The third kappa shape index (κ3) is 2.01. The molecule has 0 unspecified atom stereocenters. The van der Waals surface area contributed by atoms with Crippen LogP contribution in [-0.2, 0) is 0 Å². The molecule has 0 aromatic heterocycles. The molecule has 2 rings (SSSR count). The summed E-state index contributed by atoms with van der Waals surface area (Å²) in [7, 11) is 0. The zero-order valence-corrected chi connectivity index (χ0v) is 10.4. The van der Waals surface area contributed by atoms with E-state index in [2.05, 4.69) is 64.1 Å². The van der Waals surface area contributed by atoms with E-state index in [1.807, 2.05) is 0 Å². The smallest absolute Gasteiger partial charge is 0.00729 e. The highest BCUT2D eigenvalue weighted by Gasteiger charge is 2.05. The minimum Gasteiger partial charge on any atom is -0.0590 e. The van der Waals surface area contributed by atoms with E-state index in [9.17, 15) is 0 Å². The Bertz CT molecular complexity index is 522. The largest absolute Gasteiger partial charge is 0.0590 e. The molecule has 0 heterocycles. The van der Waals surface area contributed by atoms with Crippen LogP contribution in [0, 0.1) is 33.8 Å². The average Bonchev–Trinajstić information content (AvgIpc) is 2.22. The molecule has 0 atom stereocenters. The van der Waals surface area contributed by atoms with Gasteiger partial charge in [-0.25, -0.2) is 0 Å². The summed E-state index contributed by atoms with van der Waals surface area (Å²) >= 11 is 0. The average molecular weight is 209 g/mol. The fraction of sp³-hybridized carbons (Fsp3) is 0.250. The van der Waals surface area contributed by atoms with Gasteiger partial charge in [-0.15, -0.1) is 0 Å². The van der Waals surface area contributed by atoms with E-state index in [1.165, 1.54) is 33.4 Å². The lowest BCUT2D eigenvalue weighted by atomic mass is 9.94. The van der Waals surface area contributed by atoms with Crippen molar-refractivity contribution in [1.82, 2.24) is 0 Å². The van der Waals surface area contributed by atoms with Crippen LogP contribution in [-0.4, -0.2) is 0 Å². The molecule has 0 nitrogen and oxygen atoms in total. The summed E-state index contributed by atoms with van der Waals surface area (Å²) in [4.78, 5) is 0. The fourth-order valence-electron chi connectivity index (χ4n) is 2.05. The van der Waals surface area contributed by atoms with Gasteiger partial charge < -0.3 is 0 Å². The molecule has 0 amide bonds. The van der Waals surface area contributed by atoms with Crippen LogP contribution in [0.2, 0.25) is 0 Å². The van der Waals surface area contributed by atoms with Crippen LogP contribution in [0.25, 0.3) is 11.1 Å². The highest BCUT2D eigenvalue weighted by atomic mass is 14.1. The molecule has 0 aliphatic carbocycles. The molecule has 2 aromatic rings. The van der Waals surface area contributed by atoms with Crippen LogP contribution >= 0.6 is 0 Å². The van der Waals surface area contributed by atoms with Gasteiger partial charge in [0.2, 0.25) is 0 Å². The lowest BCUT2D eigenvalue weighted by Gasteiger charge is -2.10. The molecule has 1 radical (unpaired) electrons. The predicted octanol–water partition coefficient (Wildman–Crippen LogP) is 4.39. The van der Waals surface area contributed by atoms with Crippen molar-refractivity contribution >= 4 is 0 Å². The van der Waals surface area contributed by atoms with Gasteiger partial charge in [-0.3, -0.25) is 0 Å². The Labute approximate surface area is 97.9 Å². The summed E-state index contributed by atoms with van der Waals surface area (Å²) in [6.45, 7) is 8.55. The highest BCUT2D eigenvalue weighted by molar-refractivity contribution is 5.70. The maximum absolute atomic E-state index is 3.39. The third-order valence-corrected chi connectivity index (χ3v) is 2.95. The Kier molecular flexibility index (Phi) is 2.82. The Morgan fingerprint density at radius 3 is 2.25 bits per heavy atom. The monoisotopic (exact) mass is 209 g/mol. The maximum Gasteiger partial charge on any atom is -0.00729 e. The number of benzene rings is 2. The van der Waals surface area contributed by atoms with E-state index >= 15 is 0 Å². The lowest BCUT2D eigenvalue weighted by Crippen LogP contribution is -1.89. The Morgan fingerprint density at radius 1 is 0.812 bits per heavy atom. The van der Waals surface area contributed by atoms with E-state index in [0.717, 1.165) is 0 Å². The van der Waals surface area contributed by atoms with E-state index < -0.39 is 0 Å². The minimum atomic E-state index is 1.23. The Morgan fingerprint density at radius 2 is 1.56 bits per heavy atom. The quantitative estimate of drug-likeness (QED) is 0.653. The van der Waals surface area contributed by atoms with Gasteiger partial charge in [0.1, 0.15) is 0 Å². The van der Waals surface area contributed by atoms with Crippen molar-refractivity contribution in [3.05, 3.63) is 58.7 Å². The van der Waals surface area contributed by atoms with Crippen molar-refractivity contribution < 1.29 is 0 Å². The number of hydrogen-bond acceptors (Lipinski definition) is 0. The fourth-order valence-corrected chi connectivity index (χ4v) is 2.05. The molecular formula is C16H17. The van der Waals surface area contributed by atoms with Gasteiger partial charge in [-0.1, -0.05) is 41.5 Å². The summed E-state index contributed by atoms with van der Waals surface area (Å²) in [6.07, 6.45) is 0. The molecule has 0 heteroatoms. The normalized spacial score (nSPS) is 10.5. The van der Waals surface area contributed by atoms with Crippen molar-refractivity contribution in [3.8, 4) is 11.1 Å². The minimum absolute atomic E-state index is 1.23. The maximum atomic E-state index is 3.39. The molecule has 81 valence electrons. The number of aryl methyl sites for hydroxylation is 4. The first kappa shape index (κ1) is 10.9. The summed E-state index contributed by atoms with van der Waals surface area (Å²) in [5, 5.41) is 0. The predicted molar refractivity (Wildman–Crippen MR) is 69.7 cm³/mol. The van der Waals surface area contributed by atoms with Gasteiger partial charge in [0.25, 0.3) is 0 Å². The Balaban J connectivity index is 2.62. The second-order valence-corrected chi connectivity index (χ2v) is 4.55. The number of hydrogen-bond donors (Lipinski definition) is 0. The molecule has 0 aliphatic rings. The van der Waals surface area contributed by atoms with E-state index in [4.69, 9.17) is 0 Å². The van der Waals surface area contributed by atoms with E-state index in [1.54, 1.807) is 0 Å². The van der Waals surface area contributed by atoms with Crippen LogP contribution in [0.1, 0.15) is 22.3 Å². The Hall–Kier alpha value is -1.56. The number of rotatable bonds is 1. The topological polar surface area (TPSA) is 0 Å². The molecule has 0 N–H and O–H groups in total. The molecule has 2 aromatic carbocycles. The SMILES string of the molecule is Cc1c[c]c(-c2cc(C)ccc2C)c(C)c1. The second kappa shape index (κ2) is 4.13.